The number of hydrogen-bond acceptors (Lipinski definition) is 2. The summed E-state index contributed by atoms with van der Waals surface area (Å²) >= 11 is 5.37. The third kappa shape index (κ3) is 3.36. The van der Waals surface area contributed by atoms with E-state index in [1.54, 1.807) is 0 Å². The van der Waals surface area contributed by atoms with Crippen LogP contribution in [0.2, 0.25) is 0 Å². The lowest BCUT2D eigenvalue weighted by atomic mass is 10.0. The minimum atomic E-state index is -4.55. The summed E-state index contributed by atoms with van der Waals surface area (Å²) in [4.78, 5) is 11.4. The van der Waals surface area contributed by atoms with E-state index in [-0.39, 0.29) is 23.6 Å². The lowest BCUT2D eigenvalue weighted by molar-refractivity contribution is -0.138. The Morgan fingerprint density at radius 3 is 2.53 bits per heavy atom. The summed E-state index contributed by atoms with van der Waals surface area (Å²) in [5.41, 5.74) is -0.973. The summed E-state index contributed by atoms with van der Waals surface area (Å²) < 4.78 is 42.6. The van der Waals surface area contributed by atoms with E-state index in [1.165, 1.54) is 6.07 Å². The molecule has 2 nitrogen and oxygen atoms in total. The van der Waals surface area contributed by atoms with Gasteiger partial charge in [-0.15, -0.1) is 11.6 Å². The monoisotopic (exact) mass is 266 g/mol. The molecule has 0 N–H and O–H groups in total. The Hall–Kier alpha value is -1.23. The summed E-state index contributed by atoms with van der Waals surface area (Å²) in [6, 6.07) is 3.21. The van der Waals surface area contributed by atoms with Crippen LogP contribution >= 0.6 is 11.6 Å². The maximum atomic E-state index is 12.6. The van der Waals surface area contributed by atoms with Crippen molar-refractivity contribution in [2.24, 2.45) is 0 Å². The molecule has 0 atom stereocenters. The molecule has 1 rings (SSSR count). The first-order valence-electron chi connectivity index (χ1n) is 4.74. The second-order valence-corrected chi connectivity index (χ2v) is 3.65. The fourth-order valence-electron chi connectivity index (χ4n) is 1.33. The van der Waals surface area contributed by atoms with Gasteiger partial charge in [0.05, 0.1) is 12.7 Å². The Morgan fingerprint density at radius 2 is 2.06 bits per heavy atom. The van der Waals surface area contributed by atoms with Crippen LogP contribution in [0.5, 0.6) is 5.75 Å². The van der Waals surface area contributed by atoms with E-state index in [2.05, 4.69) is 4.74 Å². The number of carbonyl (C=O) groups excluding carboxylic acids is 1. The zero-order valence-corrected chi connectivity index (χ0v) is 9.73. The van der Waals surface area contributed by atoms with Gasteiger partial charge in [-0.1, -0.05) is 0 Å². The van der Waals surface area contributed by atoms with E-state index >= 15 is 0 Å². The smallest absolute Gasteiger partial charge is 0.419 e. The highest BCUT2D eigenvalue weighted by atomic mass is 35.5. The van der Waals surface area contributed by atoms with Crippen molar-refractivity contribution in [2.45, 2.75) is 12.6 Å². The van der Waals surface area contributed by atoms with Crippen LogP contribution in [0, 0.1) is 0 Å². The summed E-state index contributed by atoms with van der Waals surface area (Å²) in [6.45, 7) is 0. The first-order valence-corrected chi connectivity index (χ1v) is 5.28. The molecular formula is C11H10ClF3O2. The van der Waals surface area contributed by atoms with E-state index in [4.69, 9.17) is 11.6 Å². The number of carbonyl (C=O) groups is 1. The molecule has 0 heterocycles. The van der Waals surface area contributed by atoms with E-state index in [0.717, 1.165) is 19.2 Å². The number of alkyl halides is 4. The molecule has 0 radical (unpaired) electrons. The zero-order chi connectivity index (χ0) is 13.1. The third-order valence-electron chi connectivity index (χ3n) is 2.15. The summed E-state index contributed by atoms with van der Waals surface area (Å²) in [7, 11) is 1.14. The van der Waals surface area contributed by atoms with Crippen molar-refractivity contribution in [3.63, 3.8) is 0 Å². The second kappa shape index (κ2) is 5.40. The van der Waals surface area contributed by atoms with Crippen molar-refractivity contribution in [1.29, 1.82) is 0 Å². The highest BCUT2D eigenvalue weighted by Crippen LogP contribution is 2.36. The van der Waals surface area contributed by atoms with E-state index < -0.39 is 17.5 Å². The number of hydrogen-bond donors (Lipinski definition) is 0. The van der Waals surface area contributed by atoms with Crippen LogP contribution in [0.25, 0.3) is 0 Å². The summed E-state index contributed by atoms with van der Waals surface area (Å²) in [5.74, 6) is -0.653. The predicted octanol–water partition coefficient (Wildman–Crippen LogP) is 3.53. The number of ketones is 1. The number of methoxy groups -OCH3 is 1. The largest absolute Gasteiger partial charge is 0.496 e. The van der Waals surface area contributed by atoms with Gasteiger partial charge in [0.1, 0.15) is 5.75 Å². The molecular weight excluding hydrogens is 257 g/mol. The minimum Gasteiger partial charge on any atom is -0.496 e. The molecule has 0 amide bonds. The molecule has 1 aromatic carbocycles. The number of halogens is 4. The summed E-state index contributed by atoms with van der Waals surface area (Å²) in [6.07, 6.45) is -4.55. The highest BCUT2D eigenvalue weighted by molar-refractivity contribution is 6.19. The first-order chi connectivity index (χ1) is 7.90. The van der Waals surface area contributed by atoms with Crippen molar-refractivity contribution >= 4 is 17.4 Å². The van der Waals surface area contributed by atoms with Crippen molar-refractivity contribution in [2.75, 3.05) is 13.0 Å². The van der Waals surface area contributed by atoms with Gasteiger partial charge in [-0.3, -0.25) is 4.79 Å². The Morgan fingerprint density at radius 1 is 1.41 bits per heavy atom. The topological polar surface area (TPSA) is 26.3 Å². The highest BCUT2D eigenvalue weighted by Gasteiger charge is 2.34. The van der Waals surface area contributed by atoms with Crippen LogP contribution in [0.4, 0.5) is 13.2 Å². The number of benzene rings is 1. The molecule has 0 saturated carbocycles. The van der Waals surface area contributed by atoms with Crippen molar-refractivity contribution in [1.82, 2.24) is 0 Å². The Kier molecular flexibility index (Phi) is 4.40. The van der Waals surface area contributed by atoms with Crippen LogP contribution in [0.3, 0.4) is 0 Å². The lowest BCUT2D eigenvalue weighted by Gasteiger charge is -2.12. The van der Waals surface area contributed by atoms with Crippen LogP contribution in [-0.4, -0.2) is 18.8 Å². The second-order valence-electron chi connectivity index (χ2n) is 3.27. The molecule has 0 saturated heterocycles. The molecule has 0 aliphatic rings. The maximum absolute atomic E-state index is 12.6. The lowest BCUT2D eigenvalue weighted by Crippen LogP contribution is -2.10. The van der Waals surface area contributed by atoms with Gasteiger partial charge in [0.2, 0.25) is 0 Å². The van der Waals surface area contributed by atoms with E-state index in [9.17, 15) is 18.0 Å². The molecule has 0 unspecified atom stereocenters. The standard InChI is InChI=1S/C11H10ClF3O2/c1-17-10-3-2-7(9(16)4-5-12)6-8(10)11(13,14)15/h2-3,6H,4-5H2,1H3. The molecule has 0 aromatic heterocycles. The van der Waals surface area contributed by atoms with E-state index in [1.807, 2.05) is 0 Å². The Balaban J connectivity index is 3.18. The quantitative estimate of drug-likeness (QED) is 0.616. The van der Waals surface area contributed by atoms with Crippen LogP contribution in [-0.2, 0) is 6.18 Å². The molecule has 17 heavy (non-hydrogen) atoms. The van der Waals surface area contributed by atoms with Gasteiger partial charge in [-0.05, 0) is 18.2 Å². The zero-order valence-electron chi connectivity index (χ0n) is 8.97. The molecule has 94 valence electrons. The third-order valence-corrected chi connectivity index (χ3v) is 2.34. The average molecular weight is 267 g/mol. The fraction of sp³-hybridized carbons (Fsp3) is 0.364. The summed E-state index contributed by atoms with van der Waals surface area (Å²) in [5, 5.41) is 0. The van der Waals surface area contributed by atoms with Gasteiger partial charge in [0.25, 0.3) is 0 Å². The number of rotatable bonds is 4. The van der Waals surface area contributed by atoms with Crippen molar-refractivity contribution in [3.8, 4) is 5.75 Å². The van der Waals surface area contributed by atoms with Crippen molar-refractivity contribution in [3.05, 3.63) is 29.3 Å². The molecule has 0 fully saturated rings. The SMILES string of the molecule is COc1ccc(C(=O)CCCl)cc1C(F)(F)F. The molecule has 0 spiro atoms. The van der Waals surface area contributed by atoms with Crippen LogP contribution in [0.1, 0.15) is 22.3 Å². The van der Waals surface area contributed by atoms with Crippen molar-refractivity contribution < 1.29 is 22.7 Å². The molecule has 0 bridgehead atoms. The normalized spacial score (nSPS) is 11.4. The van der Waals surface area contributed by atoms with Crippen LogP contribution in [0.15, 0.2) is 18.2 Å². The minimum absolute atomic E-state index is 0.00514. The van der Waals surface area contributed by atoms with Gasteiger partial charge in [0, 0.05) is 17.9 Å². The number of ether oxygens (including phenoxy) is 1. The predicted molar refractivity (Wildman–Crippen MR) is 57.7 cm³/mol. The van der Waals surface area contributed by atoms with E-state index in [0.29, 0.717) is 0 Å². The van der Waals surface area contributed by atoms with Gasteiger partial charge >= 0.3 is 6.18 Å². The first kappa shape index (κ1) is 13.8. The van der Waals surface area contributed by atoms with Gasteiger partial charge in [-0.2, -0.15) is 13.2 Å². The Labute approximate surface area is 101 Å². The molecule has 0 aliphatic carbocycles. The van der Waals surface area contributed by atoms with Crippen LogP contribution < -0.4 is 4.74 Å². The maximum Gasteiger partial charge on any atom is 0.419 e. The fourth-order valence-corrected chi connectivity index (χ4v) is 1.50. The van der Waals surface area contributed by atoms with Gasteiger partial charge in [-0.25, -0.2) is 0 Å². The molecule has 1 aromatic rings. The molecule has 0 aliphatic heterocycles. The molecule has 6 heteroatoms. The van der Waals surface area contributed by atoms with Gasteiger partial charge in [0.15, 0.2) is 5.78 Å². The average Bonchev–Trinajstić information content (AvgIpc) is 2.27. The van der Waals surface area contributed by atoms with Gasteiger partial charge < -0.3 is 4.74 Å². The number of Topliss-reactive ketones (excluding diaryl/α,β-unsaturated/α-hetero) is 1. The Bertz CT molecular complexity index is 416.